The van der Waals surface area contributed by atoms with Crippen molar-refractivity contribution in [2.45, 2.75) is 78.1 Å². The Kier molecular flexibility index (Phi) is 16.4. The molecule has 2 heteroatoms. The predicted octanol–water partition coefficient (Wildman–Crippen LogP) is 5.59. The van der Waals surface area contributed by atoms with Crippen molar-refractivity contribution >= 4 is 5.97 Å². The molecule has 0 heterocycles. The molecule has 2 nitrogen and oxygen atoms in total. The summed E-state index contributed by atoms with van der Waals surface area (Å²) in [6, 6.07) is 0. The van der Waals surface area contributed by atoms with E-state index in [1.165, 1.54) is 25.7 Å². The fourth-order valence-corrected chi connectivity index (χ4v) is 1.98. The van der Waals surface area contributed by atoms with Crippen molar-refractivity contribution in [2.75, 3.05) is 6.61 Å². The second-order valence-corrected chi connectivity index (χ2v) is 5.30. The zero-order chi connectivity index (χ0) is 16.3. The minimum Gasteiger partial charge on any atom is -0.466 e. The van der Waals surface area contributed by atoms with Crippen molar-refractivity contribution in [3.63, 3.8) is 0 Å². The molecule has 0 aliphatic carbocycles. The number of carbonyl (C=O) groups is 1. The Morgan fingerprint density at radius 3 is 2.50 bits per heavy atom. The number of ether oxygens (including phenoxy) is 1. The van der Waals surface area contributed by atoms with Gasteiger partial charge in [0, 0.05) is 12.8 Å². The number of hydrogen-bond acceptors (Lipinski definition) is 2. The van der Waals surface area contributed by atoms with Crippen LogP contribution in [-0.2, 0) is 9.53 Å². The topological polar surface area (TPSA) is 26.3 Å². The van der Waals surface area contributed by atoms with Crippen LogP contribution in [0.1, 0.15) is 78.1 Å². The van der Waals surface area contributed by atoms with Crippen molar-refractivity contribution < 1.29 is 9.53 Å². The Hall–Kier alpha value is -1.49. The molecule has 0 bridgehead atoms. The molecule has 0 aromatic rings. The summed E-state index contributed by atoms with van der Waals surface area (Å²) in [6.07, 6.45) is 19.0. The number of carbonyl (C=O) groups excluding carboxylic acids is 1. The quantitative estimate of drug-likeness (QED) is 0.203. The van der Waals surface area contributed by atoms with E-state index in [-0.39, 0.29) is 5.97 Å². The summed E-state index contributed by atoms with van der Waals surface area (Å²) in [5.41, 5.74) is 0. The maximum absolute atomic E-state index is 11.1. The number of hydrogen-bond donors (Lipinski definition) is 0. The van der Waals surface area contributed by atoms with E-state index in [2.05, 4.69) is 37.0 Å². The summed E-state index contributed by atoms with van der Waals surface area (Å²) >= 11 is 0. The molecule has 0 aliphatic heterocycles. The molecule has 22 heavy (non-hydrogen) atoms. The average molecular weight is 304 g/mol. The molecule has 0 spiro atoms. The van der Waals surface area contributed by atoms with E-state index in [0.717, 1.165) is 32.1 Å². The molecule has 0 saturated heterocycles. The first-order chi connectivity index (χ1) is 10.8. The van der Waals surface area contributed by atoms with Gasteiger partial charge in [0.15, 0.2) is 0 Å². The number of unbranched alkanes of at least 4 members (excludes halogenated alkanes) is 6. The lowest BCUT2D eigenvalue weighted by Gasteiger charge is -2.01. The summed E-state index contributed by atoms with van der Waals surface area (Å²) in [4.78, 5) is 11.1. The van der Waals surface area contributed by atoms with Gasteiger partial charge in [0.1, 0.15) is 0 Å². The van der Waals surface area contributed by atoms with E-state index in [0.29, 0.717) is 13.0 Å². The SMILES string of the molecule is CCC/C=C\C#CC/C=C\CCCCCCCC(=O)OCC. The number of rotatable bonds is 12. The highest BCUT2D eigenvalue weighted by Gasteiger charge is 2.00. The van der Waals surface area contributed by atoms with Crippen LogP contribution in [0.5, 0.6) is 0 Å². The van der Waals surface area contributed by atoms with Crippen molar-refractivity contribution in [1.82, 2.24) is 0 Å². The lowest BCUT2D eigenvalue weighted by molar-refractivity contribution is -0.143. The van der Waals surface area contributed by atoms with Crippen LogP contribution in [0.15, 0.2) is 24.3 Å². The molecule has 0 N–H and O–H groups in total. The van der Waals surface area contributed by atoms with Crippen LogP contribution < -0.4 is 0 Å². The highest BCUT2D eigenvalue weighted by atomic mass is 16.5. The van der Waals surface area contributed by atoms with Gasteiger partial charge >= 0.3 is 5.97 Å². The van der Waals surface area contributed by atoms with Crippen molar-refractivity contribution in [1.29, 1.82) is 0 Å². The number of esters is 1. The fraction of sp³-hybridized carbons (Fsp3) is 0.650. The molecular formula is C20H32O2. The van der Waals surface area contributed by atoms with E-state index < -0.39 is 0 Å². The van der Waals surface area contributed by atoms with Crippen LogP contribution >= 0.6 is 0 Å². The van der Waals surface area contributed by atoms with Crippen molar-refractivity contribution in [3.05, 3.63) is 24.3 Å². The summed E-state index contributed by atoms with van der Waals surface area (Å²) < 4.78 is 4.90. The van der Waals surface area contributed by atoms with Gasteiger partial charge in [-0.1, -0.05) is 62.7 Å². The Labute approximate surface area is 137 Å². The third-order valence-corrected chi connectivity index (χ3v) is 3.20. The molecule has 0 unspecified atom stereocenters. The average Bonchev–Trinajstić information content (AvgIpc) is 2.51. The van der Waals surface area contributed by atoms with Gasteiger partial charge in [0.25, 0.3) is 0 Å². The molecule has 0 saturated carbocycles. The van der Waals surface area contributed by atoms with Gasteiger partial charge in [0.05, 0.1) is 6.61 Å². The zero-order valence-corrected chi connectivity index (χ0v) is 14.4. The monoisotopic (exact) mass is 304 g/mol. The summed E-state index contributed by atoms with van der Waals surface area (Å²) in [7, 11) is 0. The zero-order valence-electron chi connectivity index (χ0n) is 14.4. The molecule has 0 amide bonds. The van der Waals surface area contributed by atoms with Gasteiger partial charge in [-0.15, -0.1) is 0 Å². The normalized spacial score (nSPS) is 10.8. The molecule has 124 valence electrons. The standard InChI is InChI=1S/C20H32O2/c1-3-5-6-7-8-9-10-11-12-13-14-15-16-17-18-19-20(21)22-4-2/h6-7,11-12H,3-5,10,13-19H2,1-2H3/b7-6-,12-11-. The van der Waals surface area contributed by atoms with E-state index in [4.69, 9.17) is 4.74 Å². The van der Waals surface area contributed by atoms with Crippen LogP contribution in [-0.4, -0.2) is 12.6 Å². The minimum atomic E-state index is -0.0592. The lowest BCUT2D eigenvalue weighted by atomic mass is 10.1. The molecule has 0 radical (unpaired) electrons. The highest BCUT2D eigenvalue weighted by molar-refractivity contribution is 5.69. The smallest absolute Gasteiger partial charge is 0.305 e. The first-order valence-corrected chi connectivity index (χ1v) is 8.75. The second-order valence-electron chi connectivity index (χ2n) is 5.30. The predicted molar refractivity (Wildman–Crippen MR) is 94.5 cm³/mol. The summed E-state index contributed by atoms with van der Waals surface area (Å²) in [6.45, 7) is 4.51. The molecule has 0 aliphatic rings. The fourth-order valence-electron chi connectivity index (χ4n) is 1.98. The van der Waals surface area contributed by atoms with E-state index in [9.17, 15) is 4.79 Å². The molecule has 0 aromatic heterocycles. The largest absolute Gasteiger partial charge is 0.466 e. The molecule has 0 aromatic carbocycles. The van der Waals surface area contributed by atoms with Gasteiger partial charge < -0.3 is 4.74 Å². The Bertz CT molecular complexity index is 369. The Morgan fingerprint density at radius 2 is 1.73 bits per heavy atom. The maximum Gasteiger partial charge on any atom is 0.305 e. The first-order valence-electron chi connectivity index (χ1n) is 8.75. The van der Waals surface area contributed by atoms with Crippen LogP contribution in [0.4, 0.5) is 0 Å². The third kappa shape index (κ3) is 16.6. The molecule has 0 rings (SSSR count). The van der Waals surface area contributed by atoms with Crippen LogP contribution in [0.3, 0.4) is 0 Å². The van der Waals surface area contributed by atoms with Crippen LogP contribution in [0.2, 0.25) is 0 Å². The molecule has 0 atom stereocenters. The van der Waals surface area contributed by atoms with Crippen molar-refractivity contribution in [3.8, 4) is 11.8 Å². The number of allylic oxidation sites excluding steroid dienone is 4. The Morgan fingerprint density at radius 1 is 0.955 bits per heavy atom. The maximum atomic E-state index is 11.1. The summed E-state index contributed by atoms with van der Waals surface area (Å²) in [5, 5.41) is 0. The highest BCUT2D eigenvalue weighted by Crippen LogP contribution is 2.08. The third-order valence-electron chi connectivity index (χ3n) is 3.20. The second kappa shape index (κ2) is 17.6. The van der Waals surface area contributed by atoms with Crippen LogP contribution in [0.25, 0.3) is 0 Å². The van der Waals surface area contributed by atoms with Crippen LogP contribution in [0, 0.1) is 11.8 Å². The van der Waals surface area contributed by atoms with Gasteiger partial charge in [-0.2, -0.15) is 0 Å². The van der Waals surface area contributed by atoms with Gasteiger partial charge in [-0.25, -0.2) is 0 Å². The lowest BCUT2D eigenvalue weighted by Crippen LogP contribution is -2.03. The van der Waals surface area contributed by atoms with Gasteiger partial charge in [-0.05, 0) is 38.7 Å². The van der Waals surface area contributed by atoms with E-state index >= 15 is 0 Å². The van der Waals surface area contributed by atoms with Crippen molar-refractivity contribution in [2.24, 2.45) is 0 Å². The molecular weight excluding hydrogens is 272 g/mol. The summed E-state index contributed by atoms with van der Waals surface area (Å²) in [5.74, 6) is 6.10. The Balaban J connectivity index is 3.32. The van der Waals surface area contributed by atoms with Gasteiger partial charge in [0.2, 0.25) is 0 Å². The van der Waals surface area contributed by atoms with Gasteiger partial charge in [-0.3, -0.25) is 4.79 Å². The molecule has 0 fully saturated rings. The van der Waals surface area contributed by atoms with E-state index in [1.54, 1.807) is 0 Å². The van der Waals surface area contributed by atoms with E-state index in [1.807, 2.05) is 13.0 Å². The minimum absolute atomic E-state index is 0.0592. The first kappa shape index (κ1) is 20.5.